The molecule has 1 aliphatic rings. The fraction of sp³-hybridized carbons (Fsp3) is 0.292. The number of alkyl halides is 2. The van der Waals surface area contributed by atoms with Crippen LogP contribution in [0.1, 0.15) is 35.8 Å². The van der Waals surface area contributed by atoms with Crippen LogP contribution in [-0.2, 0) is 16.1 Å². The van der Waals surface area contributed by atoms with Crippen LogP contribution < -0.4 is 10.5 Å². The van der Waals surface area contributed by atoms with Crippen LogP contribution in [0.2, 0.25) is 0 Å². The number of nitrogens with two attached hydrogens (primary N) is 1. The molecule has 0 amide bonds. The maximum Gasteiger partial charge on any atom is 0.249 e. The number of hydrogen-bond acceptors (Lipinski definition) is 8. The Bertz CT molecular complexity index is 1430. The lowest BCUT2D eigenvalue weighted by Crippen LogP contribution is -2.33. The summed E-state index contributed by atoms with van der Waals surface area (Å²) in [6, 6.07) is 11.0. The van der Waals surface area contributed by atoms with Crippen molar-refractivity contribution in [3.63, 3.8) is 0 Å². The fourth-order valence-corrected chi connectivity index (χ4v) is 4.06. The number of ketones is 1. The first kappa shape index (κ1) is 22.8. The lowest BCUT2D eigenvalue weighted by molar-refractivity contribution is -0.117. The number of nitrogens with zero attached hydrogens (tertiary/aromatic N) is 5. The quantitative estimate of drug-likeness (QED) is 0.382. The number of methoxy groups -OCH3 is 1. The molecule has 2 N–H and O–H groups in total. The van der Waals surface area contributed by atoms with Crippen molar-refractivity contribution in [3.8, 4) is 5.88 Å². The second kappa shape index (κ2) is 8.99. The lowest BCUT2D eigenvalue weighted by Gasteiger charge is -2.35. The first-order valence-corrected chi connectivity index (χ1v) is 10.9. The molecule has 0 spiro atoms. The minimum atomic E-state index is -2.57. The van der Waals surface area contributed by atoms with Crippen LogP contribution >= 0.6 is 0 Å². The van der Waals surface area contributed by atoms with E-state index < -0.39 is 5.92 Å². The van der Waals surface area contributed by atoms with Gasteiger partial charge in [0.2, 0.25) is 17.6 Å². The van der Waals surface area contributed by atoms with Gasteiger partial charge in [0.15, 0.2) is 11.4 Å². The molecule has 35 heavy (non-hydrogen) atoms. The third kappa shape index (κ3) is 4.54. The highest BCUT2D eigenvalue weighted by molar-refractivity contribution is 5.98. The molecule has 1 aliphatic carbocycles. The highest BCUT2D eigenvalue weighted by Crippen LogP contribution is 2.48. The molecule has 0 aliphatic heterocycles. The Kier molecular flexibility index (Phi) is 5.85. The molecular weight excluding hydrogens is 458 g/mol. The summed E-state index contributed by atoms with van der Waals surface area (Å²) in [6.07, 6.45) is 2.56. The van der Waals surface area contributed by atoms with Crippen molar-refractivity contribution in [2.75, 3.05) is 13.7 Å². The van der Waals surface area contributed by atoms with Crippen molar-refractivity contribution in [2.24, 2.45) is 5.73 Å². The number of carbonyl (C=O) groups is 1. The lowest BCUT2D eigenvalue weighted by atomic mass is 9.77. The molecular formula is C24H22F2N6O3. The average molecular weight is 480 g/mol. The van der Waals surface area contributed by atoms with E-state index in [1.165, 1.54) is 17.7 Å². The normalized spacial score (nSPS) is 15.9. The van der Waals surface area contributed by atoms with Gasteiger partial charge in [-0.05, 0) is 23.6 Å². The van der Waals surface area contributed by atoms with Crippen LogP contribution in [0.3, 0.4) is 0 Å². The monoisotopic (exact) mass is 480 g/mol. The van der Waals surface area contributed by atoms with Gasteiger partial charge in [0.05, 0.1) is 11.4 Å². The second-order valence-corrected chi connectivity index (χ2v) is 8.44. The van der Waals surface area contributed by atoms with Crippen LogP contribution in [-0.4, -0.2) is 50.2 Å². The minimum Gasteiger partial charge on any atom is -0.470 e. The molecule has 1 fully saturated rings. The number of halogens is 2. The fourth-order valence-electron chi connectivity index (χ4n) is 4.06. The van der Waals surface area contributed by atoms with Gasteiger partial charge in [-0.2, -0.15) is 4.52 Å². The third-order valence-corrected chi connectivity index (χ3v) is 5.86. The van der Waals surface area contributed by atoms with Gasteiger partial charge in [0, 0.05) is 43.0 Å². The molecule has 1 aromatic carbocycles. The van der Waals surface area contributed by atoms with Gasteiger partial charge in [0.25, 0.3) is 0 Å². The number of benzene rings is 1. The van der Waals surface area contributed by atoms with Gasteiger partial charge in [0.1, 0.15) is 13.2 Å². The van der Waals surface area contributed by atoms with Crippen molar-refractivity contribution in [2.45, 2.75) is 31.3 Å². The molecule has 180 valence electrons. The number of hydrogen-bond donors (Lipinski definition) is 1. The van der Waals surface area contributed by atoms with E-state index >= 15 is 0 Å². The minimum absolute atomic E-state index is 0.0899. The summed E-state index contributed by atoms with van der Waals surface area (Å²) in [6.45, 7) is -0.00413. The van der Waals surface area contributed by atoms with Crippen molar-refractivity contribution in [1.82, 2.24) is 24.8 Å². The Morgan fingerprint density at radius 3 is 2.66 bits per heavy atom. The van der Waals surface area contributed by atoms with Crippen LogP contribution in [0.15, 0.2) is 48.7 Å². The largest absolute Gasteiger partial charge is 0.470 e. The molecule has 0 unspecified atom stereocenters. The molecule has 0 bridgehead atoms. The van der Waals surface area contributed by atoms with Gasteiger partial charge < -0.3 is 15.2 Å². The van der Waals surface area contributed by atoms with Crippen molar-refractivity contribution < 1.29 is 23.0 Å². The van der Waals surface area contributed by atoms with Crippen molar-refractivity contribution in [1.29, 1.82) is 0 Å². The number of carbonyl (C=O) groups excluding carboxylic acids is 1. The third-order valence-electron chi connectivity index (χ3n) is 5.86. The molecule has 0 radical (unpaired) electrons. The SMILES string of the molecule is COCC(=O)C=C(N)c1nnc2c3ccccc3c(OCc3ccc(C4CC(F)(F)C4)cn3)nn12. The maximum atomic E-state index is 13.2. The Labute approximate surface area is 198 Å². The summed E-state index contributed by atoms with van der Waals surface area (Å²) in [5, 5.41) is 14.3. The number of aromatic nitrogens is 5. The van der Waals surface area contributed by atoms with E-state index in [2.05, 4.69) is 20.3 Å². The van der Waals surface area contributed by atoms with Crippen LogP contribution in [0.4, 0.5) is 8.78 Å². The van der Waals surface area contributed by atoms with Gasteiger partial charge >= 0.3 is 0 Å². The topological polar surface area (TPSA) is 118 Å². The van der Waals surface area contributed by atoms with Gasteiger partial charge in [-0.15, -0.1) is 15.3 Å². The predicted octanol–water partition coefficient (Wildman–Crippen LogP) is 3.28. The van der Waals surface area contributed by atoms with Crippen LogP contribution in [0.25, 0.3) is 22.1 Å². The molecule has 1 saturated carbocycles. The zero-order valence-corrected chi connectivity index (χ0v) is 18.8. The number of rotatable bonds is 8. The smallest absolute Gasteiger partial charge is 0.249 e. The molecule has 3 aromatic heterocycles. The molecule has 11 heteroatoms. The molecule has 4 aromatic rings. The number of ether oxygens (including phenoxy) is 2. The highest BCUT2D eigenvalue weighted by Gasteiger charge is 2.45. The molecule has 9 nitrogen and oxygen atoms in total. The summed E-state index contributed by atoms with van der Waals surface area (Å²) >= 11 is 0. The number of pyridine rings is 1. The second-order valence-electron chi connectivity index (χ2n) is 8.44. The van der Waals surface area contributed by atoms with Crippen LogP contribution in [0.5, 0.6) is 5.88 Å². The first-order valence-electron chi connectivity index (χ1n) is 10.9. The predicted molar refractivity (Wildman–Crippen MR) is 123 cm³/mol. The van der Waals surface area contributed by atoms with Crippen molar-refractivity contribution in [3.05, 3.63) is 65.8 Å². The standard InChI is InChI=1S/C24H22F2N6O3/c1-34-13-17(33)8-20(27)22-30-29-21-18-4-2-3-5-19(18)23(31-32(21)22)35-12-16-7-6-14(11-28-16)15-9-24(25,26)10-15/h2-8,11,15H,9-10,12-13,27H2,1H3. The van der Waals surface area contributed by atoms with E-state index in [-0.39, 0.29) is 49.3 Å². The van der Waals surface area contributed by atoms with E-state index in [9.17, 15) is 13.6 Å². The summed E-state index contributed by atoms with van der Waals surface area (Å²) in [7, 11) is 1.42. The van der Waals surface area contributed by atoms with Gasteiger partial charge in [-0.3, -0.25) is 9.78 Å². The van der Waals surface area contributed by atoms with Crippen LogP contribution in [0, 0.1) is 0 Å². The van der Waals surface area contributed by atoms with E-state index in [1.54, 1.807) is 18.3 Å². The van der Waals surface area contributed by atoms with Crippen molar-refractivity contribution >= 4 is 27.9 Å². The zero-order valence-electron chi connectivity index (χ0n) is 18.8. The molecule has 5 rings (SSSR count). The number of fused-ring (bicyclic) bond motifs is 3. The van der Waals surface area contributed by atoms with E-state index in [0.717, 1.165) is 10.9 Å². The Morgan fingerprint density at radius 2 is 1.97 bits per heavy atom. The molecule has 0 atom stereocenters. The van der Waals surface area contributed by atoms with Gasteiger partial charge in [-0.25, -0.2) is 8.78 Å². The van der Waals surface area contributed by atoms with Gasteiger partial charge in [-0.1, -0.05) is 24.3 Å². The molecule has 0 saturated heterocycles. The van der Waals surface area contributed by atoms with E-state index in [0.29, 0.717) is 22.6 Å². The highest BCUT2D eigenvalue weighted by atomic mass is 19.3. The first-order chi connectivity index (χ1) is 16.8. The summed E-state index contributed by atoms with van der Waals surface area (Å²) in [5.74, 6) is -2.57. The zero-order chi connectivity index (χ0) is 24.6. The average Bonchev–Trinajstić information content (AvgIpc) is 3.26. The Hall–Kier alpha value is -3.99. The summed E-state index contributed by atoms with van der Waals surface area (Å²) in [5.41, 5.74) is 8.06. The summed E-state index contributed by atoms with van der Waals surface area (Å²) < 4.78 is 38.6. The molecule has 3 heterocycles. The maximum absolute atomic E-state index is 13.2. The van der Waals surface area contributed by atoms with E-state index in [1.807, 2.05) is 24.3 Å². The summed E-state index contributed by atoms with van der Waals surface area (Å²) in [4.78, 5) is 16.3. The van der Waals surface area contributed by atoms with E-state index in [4.69, 9.17) is 15.2 Å². The Balaban J connectivity index is 1.42. The Morgan fingerprint density at radius 1 is 1.20 bits per heavy atom.